The second-order valence-electron chi connectivity index (χ2n) is 6.08. The van der Waals surface area contributed by atoms with Gasteiger partial charge in [0.05, 0.1) is 0 Å². The van der Waals surface area contributed by atoms with Gasteiger partial charge in [-0.3, -0.25) is 0 Å². The normalized spacial score (nSPS) is 11.7. The minimum absolute atomic E-state index is 0.00125. The van der Waals surface area contributed by atoms with E-state index in [-0.39, 0.29) is 34.8 Å². The Morgan fingerprint density at radius 2 is 1.10 bits per heavy atom. The van der Waals surface area contributed by atoms with Crippen molar-refractivity contribution in [3.63, 3.8) is 0 Å². The Balaban J connectivity index is 3.94. The average molecular weight is 280 g/mol. The number of aromatic hydroxyl groups is 2. The Morgan fingerprint density at radius 1 is 0.750 bits per heavy atom. The molecule has 1 rings (SSSR count). The number of phenolic OH excluding ortho intramolecular Hbond substituents is 1. The van der Waals surface area contributed by atoms with Crippen molar-refractivity contribution in [3.8, 4) is 11.5 Å². The summed E-state index contributed by atoms with van der Waals surface area (Å²) in [6.07, 6.45) is 0. The third kappa shape index (κ3) is 2.60. The van der Waals surface area contributed by atoms with Crippen molar-refractivity contribution < 1.29 is 20.1 Å². The summed E-state index contributed by atoms with van der Waals surface area (Å²) in [6.45, 7) is 11.2. The second-order valence-corrected chi connectivity index (χ2v) is 6.08. The third-order valence-electron chi connectivity index (χ3n) is 3.51. The van der Waals surface area contributed by atoms with E-state index in [1.165, 1.54) is 0 Å². The fraction of sp³-hybridized carbons (Fsp3) is 0.562. The Kier molecular flexibility index (Phi) is 4.69. The summed E-state index contributed by atoms with van der Waals surface area (Å²) in [5, 5.41) is 30.3. The average Bonchev–Trinajstić information content (AvgIpc) is 2.28. The number of carboxylic acid groups (broad SMARTS) is 1. The van der Waals surface area contributed by atoms with Crippen LogP contribution in [0.3, 0.4) is 0 Å². The zero-order valence-electron chi connectivity index (χ0n) is 13.0. The fourth-order valence-electron chi connectivity index (χ4n) is 2.73. The van der Waals surface area contributed by atoms with Gasteiger partial charge >= 0.3 is 5.97 Å². The standard InChI is InChI=1S/C16H24O4/c1-7(2)10-11(8(3)4)15(18)13(16(19)20)12(9(5)6)14(10)17/h7-9,17-18H,1-6H3,(H,19,20). The summed E-state index contributed by atoms with van der Waals surface area (Å²) in [4.78, 5) is 11.5. The highest BCUT2D eigenvalue weighted by Gasteiger charge is 2.30. The van der Waals surface area contributed by atoms with E-state index in [0.29, 0.717) is 16.7 Å². The third-order valence-corrected chi connectivity index (χ3v) is 3.51. The summed E-state index contributed by atoms with van der Waals surface area (Å²) in [7, 11) is 0. The van der Waals surface area contributed by atoms with E-state index in [1.807, 2.05) is 27.7 Å². The van der Waals surface area contributed by atoms with Crippen LogP contribution in [0.4, 0.5) is 0 Å². The van der Waals surface area contributed by atoms with Gasteiger partial charge in [-0.25, -0.2) is 4.79 Å². The van der Waals surface area contributed by atoms with Gasteiger partial charge in [0.25, 0.3) is 0 Å². The number of carbonyl (C=O) groups is 1. The molecule has 0 bridgehead atoms. The molecule has 0 fully saturated rings. The van der Waals surface area contributed by atoms with Gasteiger partial charge in [0, 0.05) is 16.7 Å². The van der Waals surface area contributed by atoms with E-state index >= 15 is 0 Å². The van der Waals surface area contributed by atoms with Crippen molar-refractivity contribution in [3.05, 3.63) is 22.3 Å². The monoisotopic (exact) mass is 280 g/mol. The summed E-state index contributed by atoms with van der Waals surface area (Å²) in [5.74, 6) is -1.67. The lowest BCUT2D eigenvalue weighted by Gasteiger charge is -2.25. The molecule has 0 saturated heterocycles. The topological polar surface area (TPSA) is 77.8 Å². The molecule has 0 atom stereocenters. The Hall–Kier alpha value is -1.71. The molecule has 0 heterocycles. The van der Waals surface area contributed by atoms with E-state index in [1.54, 1.807) is 13.8 Å². The number of aromatic carboxylic acids is 1. The molecule has 1 aromatic rings. The first-order valence-electron chi connectivity index (χ1n) is 6.96. The van der Waals surface area contributed by atoms with Crippen molar-refractivity contribution >= 4 is 5.97 Å². The largest absolute Gasteiger partial charge is 0.507 e. The molecular formula is C16H24O4. The van der Waals surface area contributed by atoms with Crippen LogP contribution in [-0.4, -0.2) is 21.3 Å². The van der Waals surface area contributed by atoms with E-state index in [9.17, 15) is 20.1 Å². The van der Waals surface area contributed by atoms with Crippen LogP contribution in [0.2, 0.25) is 0 Å². The number of phenols is 2. The molecule has 0 aliphatic carbocycles. The second kappa shape index (κ2) is 5.73. The smallest absolute Gasteiger partial charge is 0.339 e. The van der Waals surface area contributed by atoms with Gasteiger partial charge in [-0.05, 0) is 17.8 Å². The van der Waals surface area contributed by atoms with E-state index in [4.69, 9.17) is 0 Å². The van der Waals surface area contributed by atoms with Crippen molar-refractivity contribution in [1.82, 2.24) is 0 Å². The first-order valence-corrected chi connectivity index (χ1v) is 6.96. The SMILES string of the molecule is CC(C)c1c(O)c(C(C)C)c(C(C)C)c(O)c1C(=O)O. The van der Waals surface area contributed by atoms with Crippen molar-refractivity contribution in [2.75, 3.05) is 0 Å². The highest BCUT2D eigenvalue weighted by Crippen LogP contribution is 2.46. The van der Waals surface area contributed by atoms with Crippen LogP contribution in [0.1, 0.15) is 86.3 Å². The number of hydrogen-bond acceptors (Lipinski definition) is 3. The van der Waals surface area contributed by atoms with Crippen LogP contribution in [0.5, 0.6) is 11.5 Å². The molecule has 0 aromatic heterocycles. The maximum absolute atomic E-state index is 11.5. The lowest BCUT2D eigenvalue weighted by atomic mass is 9.82. The quantitative estimate of drug-likeness (QED) is 0.723. The van der Waals surface area contributed by atoms with Crippen LogP contribution in [0.25, 0.3) is 0 Å². The minimum atomic E-state index is -1.21. The number of carboxylic acids is 1. The maximum atomic E-state index is 11.5. The molecule has 0 spiro atoms. The molecule has 0 unspecified atom stereocenters. The molecule has 0 radical (unpaired) electrons. The molecule has 112 valence electrons. The zero-order chi connectivity index (χ0) is 15.8. The zero-order valence-corrected chi connectivity index (χ0v) is 13.0. The van der Waals surface area contributed by atoms with E-state index in [0.717, 1.165) is 0 Å². The van der Waals surface area contributed by atoms with Crippen LogP contribution >= 0.6 is 0 Å². The molecule has 3 N–H and O–H groups in total. The van der Waals surface area contributed by atoms with Gasteiger partial charge in [-0.2, -0.15) is 0 Å². The lowest BCUT2D eigenvalue weighted by molar-refractivity contribution is 0.0691. The highest BCUT2D eigenvalue weighted by atomic mass is 16.4. The maximum Gasteiger partial charge on any atom is 0.339 e. The predicted octanol–water partition coefficient (Wildman–Crippen LogP) is 4.17. The Labute approximate surface area is 120 Å². The highest BCUT2D eigenvalue weighted by molar-refractivity contribution is 5.95. The molecule has 1 aromatic carbocycles. The lowest BCUT2D eigenvalue weighted by Crippen LogP contribution is -2.11. The molecule has 0 saturated carbocycles. The van der Waals surface area contributed by atoms with Crippen LogP contribution in [-0.2, 0) is 0 Å². The Bertz CT molecular complexity index is 528. The fourth-order valence-corrected chi connectivity index (χ4v) is 2.73. The van der Waals surface area contributed by atoms with E-state index in [2.05, 4.69) is 0 Å². The van der Waals surface area contributed by atoms with Gasteiger partial charge < -0.3 is 15.3 Å². The molecule has 4 nitrogen and oxygen atoms in total. The molecular weight excluding hydrogens is 256 g/mol. The van der Waals surface area contributed by atoms with Gasteiger partial charge in [-0.15, -0.1) is 0 Å². The van der Waals surface area contributed by atoms with Crippen LogP contribution in [0, 0.1) is 0 Å². The van der Waals surface area contributed by atoms with Crippen molar-refractivity contribution in [2.24, 2.45) is 0 Å². The van der Waals surface area contributed by atoms with E-state index < -0.39 is 5.97 Å². The summed E-state index contributed by atoms with van der Waals surface area (Å²) in [5.41, 5.74) is 1.30. The molecule has 20 heavy (non-hydrogen) atoms. The molecule has 0 amide bonds. The molecule has 4 heteroatoms. The van der Waals surface area contributed by atoms with Gasteiger partial charge in [0.15, 0.2) is 0 Å². The molecule has 0 aliphatic heterocycles. The van der Waals surface area contributed by atoms with Gasteiger partial charge in [0.2, 0.25) is 0 Å². The number of rotatable bonds is 4. The molecule has 0 aliphatic rings. The predicted molar refractivity (Wildman–Crippen MR) is 79.0 cm³/mol. The van der Waals surface area contributed by atoms with Gasteiger partial charge in [-0.1, -0.05) is 41.5 Å². The number of benzene rings is 1. The first kappa shape index (κ1) is 16.3. The van der Waals surface area contributed by atoms with Crippen molar-refractivity contribution in [2.45, 2.75) is 59.3 Å². The summed E-state index contributed by atoms with van der Waals surface area (Å²) in [6, 6.07) is 0. The number of hydrogen-bond donors (Lipinski definition) is 3. The minimum Gasteiger partial charge on any atom is -0.507 e. The van der Waals surface area contributed by atoms with Crippen LogP contribution in [0.15, 0.2) is 0 Å². The summed E-state index contributed by atoms with van der Waals surface area (Å²) >= 11 is 0. The van der Waals surface area contributed by atoms with Crippen molar-refractivity contribution in [1.29, 1.82) is 0 Å². The van der Waals surface area contributed by atoms with Crippen LogP contribution < -0.4 is 0 Å². The van der Waals surface area contributed by atoms with Gasteiger partial charge in [0.1, 0.15) is 17.1 Å². The summed E-state index contributed by atoms with van der Waals surface area (Å²) < 4.78 is 0. The first-order chi connectivity index (χ1) is 9.11. The Morgan fingerprint density at radius 3 is 1.40 bits per heavy atom.